The number of carbonyl (C=O) groups is 1. The van der Waals surface area contributed by atoms with Crippen molar-refractivity contribution in [3.05, 3.63) is 35.9 Å². The summed E-state index contributed by atoms with van der Waals surface area (Å²) in [4.78, 5) is 11.4. The van der Waals surface area contributed by atoms with Crippen molar-refractivity contribution < 1.29 is 9.90 Å². The van der Waals surface area contributed by atoms with Crippen LogP contribution in [-0.4, -0.2) is 28.3 Å². The van der Waals surface area contributed by atoms with Crippen LogP contribution in [0.25, 0.3) is 0 Å². The molecular weight excluding hydrogens is 232 g/mol. The third kappa shape index (κ3) is 1.77. The van der Waals surface area contributed by atoms with Gasteiger partial charge < -0.3 is 5.11 Å². The Labute approximate surface area is 103 Å². The van der Waals surface area contributed by atoms with E-state index < -0.39 is 16.0 Å². The van der Waals surface area contributed by atoms with Crippen LogP contribution in [0.4, 0.5) is 0 Å². The zero-order chi connectivity index (χ0) is 11.9. The van der Waals surface area contributed by atoms with Gasteiger partial charge in [0.15, 0.2) is 0 Å². The first-order valence-electron chi connectivity index (χ1n) is 6.16. The van der Waals surface area contributed by atoms with E-state index in [-0.39, 0.29) is 5.41 Å². The Balaban J connectivity index is 1.80. The first-order chi connectivity index (χ1) is 8.14. The Kier molecular flexibility index (Phi) is 2.47. The summed E-state index contributed by atoms with van der Waals surface area (Å²) in [5.41, 5.74) is 1.05. The van der Waals surface area contributed by atoms with Crippen molar-refractivity contribution in [1.82, 2.24) is 0 Å². The summed E-state index contributed by atoms with van der Waals surface area (Å²) in [5.74, 6) is 3.92. The number of hydrogen-bond acceptors (Lipinski definition) is 1. The van der Waals surface area contributed by atoms with E-state index in [0.717, 1.165) is 24.3 Å². The third-order valence-corrected chi connectivity index (χ3v) is 8.63. The summed E-state index contributed by atoms with van der Waals surface area (Å²) >= 11 is 0. The second kappa shape index (κ2) is 3.77. The van der Waals surface area contributed by atoms with Gasteiger partial charge in [0.1, 0.15) is 0 Å². The maximum atomic E-state index is 11.4. The summed E-state index contributed by atoms with van der Waals surface area (Å²) in [6, 6.07) is 10.6. The molecule has 2 aliphatic rings. The van der Waals surface area contributed by atoms with Gasteiger partial charge in [0, 0.05) is 5.75 Å². The van der Waals surface area contributed by atoms with Crippen LogP contribution in [0.1, 0.15) is 18.4 Å². The predicted molar refractivity (Wildman–Crippen MR) is 71.6 cm³/mol. The van der Waals surface area contributed by atoms with Crippen molar-refractivity contribution in [1.29, 1.82) is 0 Å². The minimum atomic E-state index is -0.662. The van der Waals surface area contributed by atoms with E-state index in [0.29, 0.717) is 0 Å². The molecule has 0 aliphatic carbocycles. The van der Waals surface area contributed by atoms with E-state index in [1.807, 2.05) is 6.07 Å². The molecule has 92 valence electrons. The van der Waals surface area contributed by atoms with Gasteiger partial charge in [0.05, 0.1) is 5.41 Å². The first kappa shape index (κ1) is 11.1. The molecule has 0 saturated carbocycles. The van der Waals surface area contributed by atoms with E-state index in [1.54, 1.807) is 0 Å². The fourth-order valence-corrected chi connectivity index (χ4v) is 8.34. The van der Waals surface area contributed by atoms with E-state index in [9.17, 15) is 9.90 Å². The lowest BCUT2D eigenvalue weighted by Crippen LogP contribution is -2.29. The molecule has 2 heterocycles. The zero-order valence-electron chi connectivity index (χ0n) is 9.89. The van der Waals surface area contributed by atoms with Crippen LogP contribution in [0.5, 0.6) is 0 Å². The SMILES string of the molecule is O=C(O)C12CCS(Cc3ccccc3)(CC1)C2. The number of aliphatic carboxylic acids is 1. The van der Waals surface area contributed by atoms with Crippen molar-refractivity contribution in [2.75, 3.05) is 17.3 Å². The van der Waals surface area contributed by atoms with Gasteiger partial charge in [-0.05, 0) is 35.7 Å². The zero-order valence-corrected chi connectivity index (χ0v) is 10.7. The molecule has 0 aromatic heterocycles. The Hall–Kier alpha value is -0.960. The number of carboxylic acids is 1. The Bertz CT molecular complexity index is 433. The molecule has 2 saturated heterocycles. The van der Waals surface area contributed by atoms with E-state index in [2.05, 4.69) is 24.3 Å². The Morgan fingerprint density at radius 1 is 1.24 bits per heavy atom. The lowest BCUT2D eigenvalue weighted by Gasteiger charge is -2.33. The monoisotopic (exact) mass is 250 g/mol. The molecule has 2 nitrogen and oxygen atoms in total. The largest absolute Gasteiger partial charge is 0.481 e. The number of fused-ring (bicyclic) bond motifs is 2. The van der Waals surface area contributed by atoms with Crippen LogP contribution in [0.2, 0.25) is 0 Å². The van der Waals surface area contributed by atoms with Crippen molar-refractivity contribution in [3.8, 4) is 0 Å². The molecule has 2 aliphatic heterocycles. The maximum absolute atomic E-state index is 11.4. The minimum Gasteiger partial charge on any atom is -0.481 e. The molecule has 0 amide bonds. The van der Waals surface area contributed by atoms with Gasteiger partial charge in [-0.3, -0.25) is 4.79 Å². The molecule has 2 bridgehead atoms. The topological polar surface area (TPSA) is 37.3 Å². The molecule has 0 radical (unpaired) electrons. The number of rotatable bonds is 3. The second-order valence-electron chi connectivity index (χ2n) is 5.49. The molecule has 0 atom stereocenters. The number of carboxylic acid groups (broad SMARTS) is 1. The molecule has 1 aromatic rings. The van der Waals surface area contributed by atoms with Gasteiger partial charge >= 0.3 is 5.97 Å². The molecule has 3 heteroatoms. The smallest absolute Gasteiger partial charge is 0.310 e. The standard InChI is InChI=1S/C14H18O2S/c15-13(16)14-6-8-17(11-14,9-7-14)10-12-4-2-1-3-5-12/h1-5H,6-11H2,(H,15,16). The van der Waals surface area contributed by atoms with Crippen LogP contribution in [0, 0.1) is 5.41 Å². The van der Waals surface area contributed by atoms with E-state index in [4.69, 9.17) is 0 Å². The molecule has 0 unspecified atom stereocenters. The normalized spacial score (nSPS) is 38.8. The summed E-state index contributed by atoms with van der Waals surface area (Å²) in [6.07, 6.45) is 1.84. The third-order valence-electron chi connectivity index (χ3n) is 4.38. The van der Waals surface area contributed by atoms with Gasteiger partial charge in [0.2, 0.25) is 0 Å². The summed E-state index contributed by atoms with van der Waals surface area (Å²) < 4.78 is 0. The molecule has 17 heavy (non-hydrogen) atoms. The Morgan fingerprint density at radius 2 is 1.88 bits per heavy atom. The van der Waals surface area contributed by atoms with Crippen molar-refractivity contribution in [2.24, 2.45) is 5.41 Å². The molecule has 0 spiro atoms. The van der Waals surface area contributed by atoms with Crippen molar-refractivity contribution in [3.63, 3.8) is 0 Å². The molecule has 1 N–H and O–H groups in total. The van der Waals surface area contributed by atoms with Gasteiger partial charge in [-0.2, -0.15) is 0 Å². The van der Waals surface area contributed by atoms with Gasteiger partial charge in [-0.1, -0.05) is 30.3 Å². The number of hydrogen-bond donors (Lipinski definition) is 1. The summed E-state index contributed by atoms with van der Waals surface area (Å²) in [7, 11) is -0.662. The quantitative estimate of drug-likeness (QED) is 0.895. The Morgan fingerprint density at radius 3 is 2.41 bits per heavy atom. The van der Waals surface area contributed by atoms with Crippen molar-refractivity contribution >= 4 is 16.0 Å². The van der Waals surface area contributed by atoms with Gasteiger partial charge in [-0.15, -0.1) is 0 Å². The van der Waals surface area contributed by atoms with Crippen LogP contribution < -0.4 is 0 Å². The lowest BCUT2D eigenvalue weighted by molar-refractivity contribution is -0.147. The van der Waals surface area contributed by atoms with Gasteiger partial charge in [-0.25, -0.2) is 10.0 Å². The fraction of sp³-hybridized carbons (Fsp3) is 0.500. The summed E-state index contributed by atoms with van der Waals surface area (Å²) in [5, 5.41) is 9.38. The molecular formula is C14H18O2S. The highest BCUT2D eigenvalue weighted by Crippen LogP contribution is 2.69. The van der Waals surface area contributed by atoms with Crippen LogP contribution in [0.3, 0.4) is 0 Å². The highest BCUT2D eigenvalue weighted by molar-refractivity contribution is 8.33. The maximum Gasteiger partial charge on any atom is 0.310 e. The van der Waals surface area contributed by atoms with Crippen LogP contribution in [0.15, 0.2) is 30.3 Å². The van der Waals surface area contributed by atoms with E-state index in [1.165, 1.54) is 17.1 Å². The second-order valence-corrected chi connectivity index (χ2v) is 9.34. The highest BCUT2D eigenvalue weighted by atomic mass is 32.3. The average Bonchev–Trinajstić information content (AvgIpc) is 2.87. The highest BCUT2D eigenvalue weighted by Gasteiger charge is 2.55. The van der Waals surface area contributed by atoms with E-state index >= 15 is 0 Å². The first-order valence-corrected chi connectivity index (χ1v) is 8.47. The number of benzene rings is 1. The average molecular weight is 250 g/mol. The predicted octanol–water partition coefficient (Wildman–Crippen LogP) is 2.87. The van der Waals surface area contributed by atoms with Gasteiger partial charge in [0.25, 0.3) is 0 Å². The molecule has 1 aromatic carbocycles. The molecule has 2 fully saturated rings. The van der Waals surface area contributed by atoms with Crippen LogP contribution >= 0.6 is 10.0 Å². The molecule has 3 rings (SSSR count). The lowest BCUT2D eigenvalue weighted by atomic mass is 9.85. The minimum absolute atomic E-state index is 0.343. The van der Waals surface area contributed by atoms with Crippen molar-refractivity contribution in [2.45, 2.75) is 18.6 Å². The summed E-state index contributed by atoms with van der Waals surface area (Å²) in [6.45, 7) is 0. The van der Waals surface area contributed by atoms with Crippen LogP contribution in [-0.2, 0) is 10.5 Å². The fourth-order valence-electron chi connectivity index (χ4n) is 3.32.